The Kier molecular flexibility index (Phi) is 4.39. The van der Waals surface area contributed by atoms with E-state index in [1.54, 1.807) is 0 Å². The predicted molar refractivity (Wildman–Crippen MR) is 56.4 cm³/mol. The van der Waals surface area contributed by atoms with E-state index in [0.717, 1.165) is 10.0 Å². The van der Waals surface area contributed by atoms with Crippen LogP contribution >= 0.6 is 15.9 Å². The van der Waals surface area contributed by atoms with Crippen molar-refractivity contribution >= 4 is 15.9 Å². The summed E-state index contributed by atoms with van der Waals surface area (Å²) in [5.41, 5.74) is 6.28. The molecule has 0 aliphatic rings. The van der Waals surface area contributed by atoms with Crippen molar-refractivity contribution in [3.63, 3.8) is 0 Å². The molecule has 0 fully saturated rings. The zero-order chi connectivity index (χ0) is 9.68. The van der Waals surface area contributed by atoms with Crippen molar-refractivity contribution in [1.29, 1.82) is 0 Å². The number of benzene rings is 1. The standard InChI is InChI=1S/C10H13BrFN/c11-9-3-1-8(2-4-9)7-10(12)5-6-13/h1-4,10H,5-7,13H2. The van der Waals surface area contributed by atoms with Crippen molar-refractivity contribution in [1.82, 2.24) is 0 Å². The van der Waals surface area contributed by atoms with Crippen molar-refractivity contribution in [2.75, 3.05) is 6.54 Å². The molecule has 13 heavy (non-hydrogen) atoms. The highest BCUT2D eigenvalue weighted by Gasteiger charge is 2.05. The summed E-state index contributed by atoms with van der Waals surface area (Å²) < 4.78 is 14.1. The summed E-state index contributed by atoms with van der Waals surface area (Å²) in [4.78, 5) is 0. The third-order valence-corrected chi connectivity index (χ3v) is 2.38. The predicted octanol–water partition coefficient (Wildman–Crippen LogP) is 2.68. The zero-order valence-corrected chi connectivity index (χ0v) is 8.93. The molecule has 72 valence electrons. The lowest BCUT2D eigenvalue weighted by molar-refractivity contribution is 0.316. The van der Waals surface area contributed by atoms with Gasteiger partial charge in [-0.3, -0.25) is 0 Å². The van der Waals surface area contributed by atoms with Gasteiger partial charge in [0.25, 0.3) is 0 Å². The third-order valence-electron chi connectivity index (χ3n) is 1.85. The molecule has 1 aromatic carbocycles. The summed E-state index contributed by atoms with van der Waals surface area (Å²) in [5, 5.41) is 0. The molecule has 0 amide bonds. The maximum Gasteiger partial charge on any atom is 0.105 e. The summed E-state index contributed by atoms with van der Waals surface area (Å²) in [7, 11) is 0. The molecule has 1 unspecified atom stereocenters. The second-order valence-corrected chi connectivity index (χ2v) is 3.92. The fourth-order valence-electron chi connectivity index (χ4n) is 1.16. The first-order valence-electron chi connectivity index (χ1n) is 4.31. The molecule has 0 spiro atoms. The number of alkyl halides is 1. The van der Waals surface area contributed by atoms with Gasteiger partial charge < -0.3 is 5.73 Å². The van der Waals surface area contributed by atoms with Crippen molar-refractivity contribution in [2.45, 2.75) is 19.0 Å². The molecule has 0 saturated carbocycles. The first-order valence-corrected chi connectivity index (χ1v) is 5.10. The van der Waals surface area contributed by atoms with Crippen LogP contribution < -0.4 is 5.73 Å². The van der Waals surface area contributed by atoms with Gasteiger partial charge in [0.05, 0.1) is 0 Å². The quantitative estimate of drug-likeness (QED) is 0.868. The molecule has 0 radical (unpaired) electrons. The van der Waals surface area contributed by atoms with E-state index in [0.29, 0.717) is 19.4 Å². The molecule has 1 aromatic rings. The van der Waals surface area contributed by atoms with Gasteiger partial charge in [-0.1, -0.05) is 28.1 Å². The summed E-state index contributed by atoms with van der Waals surface area (Å²) in [6.45, 7) is 0.414. The van der Waals surface area contributed by atoms with Crippen LogP contribution in [-0.4, -0.2) is 12.7 Å². The van der Waals surface area contributed by atoms with E-state index in [2.05, 4.69) is 15.9 Å². The normalized spacial score (nSPS) is 12.8. The average molecular weight is 246 g/mol. The van der Waals surface area contributed by atoms with E-state index in [9.17, 15) is 4.39 Å². The van der Waals surface area contributed by atoms with Crippen LogP contribution in [0.2, 0.25) is 0 Å². The van der Waals surface area contributed by atoms with E-state index in [1.165, 1.54) is 0 Å². The Hall–Kier alpha value is -0.410. The average Bonchev–Trinajstić information content (AvgIpc) is 2.09. The van der Waals surface area contributed by atoms with E-state index in [4.69, 9.17) is 5.73 Å². The molecule has 0 heterocycles. The van der Waals surface area contributed by atoms with Gasteiger partial charge in [-0.2, -0.15) is 0 Å². The van der Waals surface area contributed by atoms with E-state index >= 15 is 0 Å². The molecule has 0 aliphatic carbocycles. The van der Waals surface area contributed by atoms with Crippen LogP contribution in [0.25, 0.3) is 0 Å². The van der Waals surface area contributed by atoms with Crippen LogP contribution in [0.5, 0.6) is 0 Å². The highest BCUT2D eigenvalue weighted by atomic mass is 79.9. The van der Waals surface area contributed by atoms with Gasteiger partial charge in [0.15, 0.2) is 0 Å². The molecular weight excluding hydrogens is 233 g/mol. The topological polar surface area (TPSA) is 26.0 Å². The second-order valence-electron chi connectivity index (χ2n) is 3.01. The molecular formula is C10H13BrFN. The van der Waals surface area contributed by atoms with Crippen molar-refractivity contribution in [3.8, 4) is 0 Å². The van der Waals surface area contributed by atoms with Gasteiger partial charge >= 0.3 is 0 Å². The smallest absolute Gasteiger partial charge is 0.105 e. The minimum atomic E-state index is -0.814. The monoisotopic (exact) mass is 245 g/mol. The summed E-state index contributed by atoms with van der Waals surface area (Å²) in [6.07, 6.45) is 0.0896. The van der Waals surface area contributed by atoms with Crippen LogP contribution in [0.1, 0.15) is 12.0 Å². The van der Waals surface area contributed by atoms with Gasteiger partial charge in [0.2, 0.25) is 0 Å². The number of hydrogen-bond acceptors (Lipinski definition) is 1. The Bertz CT molecular complexity index is 248. The zero-order valence-electron chi connectivity index (χ0n) is 7.34. The summed E-state index contributed by atoms with van der Waals surface area (Å²) >= 11 is 3.33. The van der Waals surface area contributed by atoms with E-state index < -0.39 is 6.17 Å². The van der Waals surface area contributed by atoms with Crippen LogP contribution in [-0.2, 0) is 6.42 Å². The first kappa shape index (κ1) is 10.7. The molecule has 1 atom stereocenters. The Morgan fingerprint density at radius 2 is 1.92 bits per heavy atom. The second kappa shape index (κ2) is 5.35. The van der Waals surface area contributed by atoms with Crippen molar-refractivity contribution in [2.24, 2.45) is 5.73 Å². The van der Waals surface area contributed by atoms with E-state index in [-0.39, 0.29) is 0 Å². The molecule has 0 saturated heterocycles. The minimum absolute atomic E-state index is 0.414. The lowest BCUT2D eigenvalue weighted by atomic mass is 10.1. The van der Waals surface area contributed by atoms with Crippen LogP contribution in [0, 0.1) is 0 Å². The van der Waals surface area contributed by atoms with Crippen molar-refractivity contribution in [3.05, 3.63) is 34.3 Å². The van der Waals surface area contributed by atoms with Gasteiger partial charge in [-0.15, -0.1) is 0 Å². The number of hydrogen-bond donors (Lipinski definition) is 1. The number of nitrogens with two attached hydrogens (primary N) is 1. The van der Waals surface area contributed by atoms with Crippen LogP contribution in [0.15, 0.2) is 28.7 Å². The van der Waals surface area contributed by atoms with Gasteiger partial charge in [-0.05, 0) is 30.7 Å². The minimum Gasteiger partial charge on any atom is -0.330 e. The lowest BCUT2D eigenvalue weighted by Gasteiger charge is -2.06. The Balaban J connectivity index is 2.49. The fourth-order valence-corrected chi connectivity index (χ4v) is 1.42. The molecule has 3 heteroatoms. The fraction of sp³-hybridized carbons (Fsp3) is 0.400. The Labute approximate surface area is 86.3 Å². The van der Waals surface area contributed by atoms with Gasteiger partial charge in [0, 0.05) is 10.9 Å². The summed E-state index contributed by atoms with van der Waals surface area (Å²) in [6, 6.07) is 7.69. The molecule has 2 N–H and O–H groups in total. The van der Waals surface area contributed by atoms with Gasteiger partial charge in [0.1, 0.15) is 6.17 Å². The SMILES string of the molecule is NCCC(F)Cc1ccc(Br)cc1. The van der Waals surface area contributed by atoms with E-state index in [1.807, 2.05) is 24.3 Å². The number of rotatable bonds is 4. The number of halogens is 2. The first-order chi connectivity index (χ1) is 6.22. The molecule has 1 nitrogen and oxygen atoms in total. The maximum absolute atomic E-state index is 13.1. The molecule has 0 bridgehead atoms. The molecule has 0 aliphatic heterocycles. The van der Waals surface area contributed by atoms with Crippen LogP contribution in [0.4, 0.5) is 4.39 Å². The Morgan fingerprint density at radius 1 is 1.31 bits per heavy atom. The lowest BCUT2D eigenvalue weighted by Crippen LogP contribution is -2.11. The van der Waals surface area contributed by atoms with Gasteiger partial charge in [-0.25, -0.2) is 4.39 Å². The largest absolute Gasteiger partial charge is 0.330 e. The molecule has 1 rings (SSSR count). The maximum atomic E-state index is 13.1. The summed E-state index contributed by atoms with van der Waals surface area (Å²) in [5.74, 6) is 0. The van der Waals surface area contributed by atoms with Crippen LogP contribution in [0.3, 0.4) is 0 Å². The molecule has 0 aromatic heterocycles. The van der Waals surface area contributed by atoms with Crippen molar-refractivity contribution < 1.29 is 4.39 Å². The Morgan fingerprint density at radius 3 is 2.46 bits per heavy atom. The highest BCUT2D eigenvalue weighted by Crippen LogP contribution is 2.13. The highest BCUT2D eigenvalue weighted by molar-refractivity contribution is 9.10. The third kappa shape index (κ3) is 3.87.